The second-order valence-corrected chi connectivity index (χ2v) is 3.31. The highest BCUT2D eigenvalue weighted by Crippen LogP contribution is 2.13. The summed E-state index contributed by atoms with van der Waals surface area (Å²) in [6.45, 7) is 2.19. The Labute approximate surface area is 84.8 Å². The fraction of sp³-hybridized carbons (Fsp3) is 0.364. The van der Waals surface area contributed by atoms with E-state index in [1.807, 2.05) is 12.1 Å². The predicted molar refractivity (Wildman–Crippen MR) is 60.5 cm³/mol. The van der Waals surface area contributed by atoms with Crippen LogP contribution < -0.4 is 11.5 Å². The summed E-state index contributed by atoms with van der Waals surface area (Å²) in [7, 11) is 0. The van der Waals surface area contributed by atoms with Gasteiger partial charge in [0, 0.05) is 0 Å². The monoisotopic (exact) mass is 191 g/mol. The molecule has 0 unspecified atom stereocenters. The summed E-state index contributed by atoms with van der Waals surface area (Å²) in [5, 5.41) is 0. The molecule has 0 spiro atoms. The van der Waals surface area contributed by atoms with E-state index in [4.69, 9.17) is 11.5 Å². The average molecular weight is 191 g/mol. The summed E-state index contributed by atoms with van der Waals surface area (Å²) in [6, 6.07) is 8.00. The molecule has 4 N–H and O–H groups in total. The van der Waals surface area contributed by atoms with Gasteiger partial charge in [-0.2, -0.15) is 0 Å². The summed E-state index contributed by atoms with van der Waals surface area (Å²) >= 11 is 0. The lowest BCUT2D eigenvalue weighted by Crippen LogP contribution is -2.21. The van der Waals surface area contributed by atoms with Crippen molar-refractivity contribution >= 4 is 11.6 Å². The van der Waals surface area contributed by atoms with Gasteiger partial charge in [0.05, 0.1) is 5.69 Å². The summed E-state index contributed by atoms with van der Waals surface area (Å²) in [5.74, 6) is 0.103. The van der Waals surface area contributed by atoms with E-state index in [9.17, 15) is 0 Å². The fourth-order valence-corrected chi connectivity index (χ4v) is 1.27. The lowest BCUT2D eigenvalue weighted by atomic mass is 10.1. The number of aryl methyl sites for hydroxylation is 1. The maximum absolute atomic E-state index is 5.27. The summed E-state index contributed by atoms with van der Waals surface area (Å²) in [4.78, 5) is 3.95. The highest BCUT2D eigenvalue weighted by Gasteiger charge is 1.93. The van der Waals surface area contributed by atoms with Gasteiger partial charge in [0.1, 0.15) is 0 Å². The minimum Gasteiger partial charge on any atom is -0.370 e. The predicted octanol–water partition coefficient (Wildman–Crippen LogP) is 1.93. The van der Waals surface area contributed by atoms with Crippen molar-refractivity contribution in [2.24, 2.45) is 16.5 Å². The van der Waals surface area contributed by atoms with E-state index in [0.29, 0.717) is 0 Å². The van der Waals surface area contributed by atoms with Crippen molar-refractivity contribution in [3.63, 3.8) is 0 Å². The minimum absolute atomic E-state index is 0.103. The molecule has 1 aromatic rings. The van der Waals surface area contributed by atoms with Gasteiger partial charge in [0.2, 0.25) is 0 Å². The lowest BCUT2D eigenvalue weighted by molar-refractivity contribution is 0.795. The van der Waals surface area contributed by atoms with Crippen molar-refractivity contribution in [3.8, 4) is 0 Å². The Morgan fingerprint density at radius 3 is 2.36 bits per heavy atom. The highest BCUT2D eigenvalue weighted by atomic mass is 15.0. The summed E-state index contributed by atoms with van der Waals surface area (Å²) in [5.41, 5.74) is 12.7. The fourth-order valence-electron chi connectivity index (χ4n) is 1.27. The Balaban J connectivity index is 2.64. The standard InChI is InChI=1S/C11H17N3/c1-2-3-4-9-5-7-10(8-6-9)14-11(12)13/h5-8H,2-4H2,1H3,(H4,12,13,14). The lowest BCUT2D eigenvalue weighted by Gasteiger charge is -2.00. The molecule has 0 heterocycles. The van der Waals surface area contributed by atoms with Gasteiger partial charge < -0.3 is 11.5 Å². The first-order valence-electron chi connectivity index (χ1n) is 4.91. The van der Waals surface area contributed by atoms with Crippen molar-refractivity contribution in [2.45, 2.75) is 26.2 Å². The van der Waals surface area contributed by atoms with Crippen molar-refractivity contribution in [2.75, 3.05) is 0 Å². The normalized spacial score (nSPS) is 9.79. The Morgan fingerprint density at radius 2 is 1.86 bits per heavy atom. The molecule has 0 atom stereocenters. The van der Waals surface area contributed by atoms with Crippen LogP contribution in [0, 0.1) is 0 Å². The van der Waals surface area contributed by atoms with Gasteiger partial charge in [0.25, 0.3) is 0 Å². The molecule has 0 saturated carbocycles. The van der Waals surface area contributed by atoms with Crippen molar-refractivity contribution in [1.29, 1.82) is 0 Å². The quantitative estimate of drug-likeness (QED) is 0.564. The van der Waals surface area contributed by atoms with Gasteiger partial charge >= 0.3 is 0 Å². The number of rotatable bonds is 4. The molecule has 0 fully saturated rings. The second-order valence-electron chi connectivity index (χ2n) is 3.31. The molecule has 0 saturated heterocycles. The Kier molecular flexibility index (Phi) is 3.98. The van der Waals surface area contributed by atoms with Crippen LogP contribution in [0.25, 0.3) is 0 Å². The highest BCUT2D eigenvalue weighted by molar-refractivity contribution is 5.78. The third-order valence-corrected chi connectivity index (χ3v) is 2.01. The van der Waals surface area contributed by atoms with E-state index < -0.39 is 0 Å². The molecule has 0 aliphatic heterocycles. The maximum Gasteiger partial charge on any atom is 0.191 e. The molecule has 0 aliphatic rings. The first kappa shape index (κ1) is 10.6. The number of nitrogens with zero attached hydrogens (tertiary/aromatic N) is 1. The van der Waals surface area contributed by atoms with Crippen LogP contribution in [0.3, 0.4) is 0 Å². The molecule has 3 heteroatoms. The Bertz CT molecular complexity index is 297. The van der Waals surface area contributed by atoms with E-state index in [1.54, 1.807) is 0 Å². The van der Waals surface area contributed by atoms with Crippen LogP contribution in [-0.2, 0) is 6.42 Å². The third kappa shape index (κ3) is 3.47. The van der Waals surface area contributed by atoms with Crippen LogP contribution in [0.2, 0.25) is 0 Å². The number of hydrogen-bond acceptors (Lipinski definition) is 1. The number of benzene rings is 1. The van der Waals surface area contributed by atoms with Crippen molar-refractivity contribution in [3.05, 3.63) is 29.8 Å². The molecule has 1 rings (SSSR count). The van der Waals surface area contributed by atoms with Gasteiger partial charge in [-0.1, -0.05) is 25.5 Å². The number of guanidine groups is 1. The molecule has 0 radical (unpaired) electrons. The van der Waals surface area contributed by atoms with Crippen LogP contribution in [0.15, 0.2) is 29.3 Å². The van der Waals surface area contributed by atoms with Crippen molar-refractivity contribution < 1.29 is 0 Å². The third-order valence-electron chi connectivity index (χ3n) is 2.01. The molecular weight excluding hydrogens is 174 g/mol. The van der Waals surface area contributed by atoms with Crippen LogP contribution in [-0.4, -0.2) is 5.96 Å². The Morgan fingerprint density at radius 1 is 1.21 bits per heavy atom. The van der Waals surface area contributed by atoms with E-state index in [2.05, 4.69) is 24.0 Å². The van der Waals surface area contributed by atoms with Gasteiger partial charge in [-0.05, 0) is 30.5 Å². The summed E-state index contributed by atoms with van der Waals surface area (Å²) in [6.07, 6.45) is 3.57. The first-order chi connectivity index (χ1) is 6.72. The first-order valence-corrected chi connectivity index (χ1v) is 4.91. The van der Waals surface area contributed by atoms with Crippen LogP contribution >= 0.6 is 0 Å². The van der Waals surface area contributed by atoms with Gasteiger partial charge in [-0.15, -0.1) is 0 Å². The van der Waals surface area contributed by atoms with Gasteiger partial charge in [0.15, 0.2) is 5.96 Å². The number of aliphatic imine (C=N–C) groups is 1. The molecule has 0 aromatic heterocycles. The molecule has 0 amide bonds. The molecular formula is C11H17N3. The van der Waals surface area contributed by atoms with E-state index in [-0.39, 0.29) is 5.96 Å². The Hall–Kier alpha value is -1.51. The van der Waals surface area contributed by atoms with Gasteiger partial charge in [-0.3, -0.25) is 0 Å². The average Bonchev–Trinajstić information content (AvgIpc) is 2.16. The van der Waals surface area contributed by atoms with Crippen LogP contribution in [0.1, 0.15) is 25.3 Å². The van der Waals surface area contributed by atoms with Gasteiger partial charge in [-0.25, -0.2) is 4.99 Å². The summed E-state index contributed by atoms with van der Waals surface area (Å²) < 4.78 is 0. The zero-order chi connectivity index (χ0) is 10.4. The molecule has 14 heavy (non-hydrogen) atoms. The molecule has 1 aromatic carbocycles. The molecule has 3 nitrogen and oxygen atoms in total. The SMILES string of the molecule is CCCCc1ccc(N=C(N)N)cc1. The van der Waals surface area contributed by atoms with Crippen molar-refractivity contribution in [1.82, 2.24) is 0 Å². The number of nitrogens with two attached hydrogens (primary N) is 2. The smallest absolute Gasteiger partial charge is 0.191 e. The molecule has 0 bridgehead atoms. The van der Waals surface area contributed by atoms with E-state index >= 15 is 0 Å². The van der Waals surface area contributed by atoms with E-state index in [0.717, 1.165) is 12.1 Å². The maximum atomic E-state index is 5.27. The largest absolute Gasteiger partial charge is 0.370 e. The molecule has 0 aliphatic carbocycles. The van der Waals surface area contributed by atoms with E-state index in [1.165, 1.54) is 18.4 Å². The zero-order valence-electron chi connectivity index (χ0n) is 8.53. The second kappa shape index (κ2) is 5.27. The van der Waals surface area contributed by atoms with Crippen LogP contribution in [0.4, 0.5) is 5.69 Å². The number of unbranched alkanes of at least 4 members (excludes halogenated alkanes) is 1. The zero-order valence-corrected chi connectivity index (χ0v) is 8.53. The topological polar surface area (TPSA) is 64.4 Å². The molecule has 76 valence electrons. The van der Waals surface area contributed by atoms with Crippen LogP contribution in [0.5, 0.6) is 0 Å². The number of hydrogen-bond donors (Lipinski definition) is 2. The minimum atomic E-state index is 0.103.